The number of carbonyl (C=O) groups is 2. The predicted molar refractivity (Wildman–Crippen MR) is 125 cm³/mol. The van der Waals surface area contributed by atoms with E-state index < -0.39 is 90.7 Å². The van der Waals surface area contributed by atoms with Crippen molar-refractivity contribution in [3.63, 3.8) is 0 Å². The molecule has 1 aromatic carbocycles. The molecule has 0 radical (unpaired) electrons. The van der Waals surface area contributed by atoms with Gasteiger partial charge in [-0.15, -0.1) is 0 Å². The fourth-order valence-electron chi connectivity index (χ4n) is 4.81. The summed E-state index contributed by atoms with van der Waals surface area (Å²) in [5.41, 5.74) is -1.92. The van der Waals surface area contributed by atoms with Crippen molar-refractivity contribution in [2.75, 3.05) is 0 Å². The number of H-pyrrole nitrogens is 1. The second-order valence-corrected chi connectivity index (χ2v) is 9.83. The highest BCUT2D eigenvalue weighted by Gasteiger charge is 2.42. The molecule has 2 aromatic heterocycles. The summed E-state index contributed by atoms with van der Waals surface area (Å²) in [6.45, 7) is 1.41. The normalized spacial score (nSPS) is 18.7. The number of fused-ring (bicyclic) bond motifs is 1. The first-order valence-corrected chi connectivity index (χ1v) is 12.5. The number of hydrogen-bond donors (Lipinski definition) is 3. The first-order valence-electron chi connectivity index (χ1n) is 12.5. The van der Waals surface area contributed by atoms with E-state index in [4.69, 9.17) is 0 Å². The Morgan fingerprint density at radius 1 is 1.02 bits per heavy atom. The smallest absolute Gasteiger partial charge is 0.287 e. The van der Waals surface area contributed by atoms with Gasteiger partial charge in [0.2, 0.25) is 18.1 Å². The van der Waals surface area contributed by atoms with Crippen LogP contribution in [0.5, 0.6) is 0 Å². The first kappa shape index (κ1) is 31.1. The molecule has 4 atom stereocenters. The molecule has 2 amide bonds. The van der Waals surface area contributed by atoms with Gasteiger partial charge in [-0.3, -0.25) is 9.59 Å². The van der Waals surface area contributed by atoms with Gasteiger partial charge in [-0.25, -0.2) is 49.1 Å². The zero-order valence-electron chi connectivity index (χ0n) is 21.5. The summed E-state index contributed by atoms with van der Waals surface area (Å²) < 4.78 is 127. The van der Waals surface area contributed by atoms with Crippen molar-refractivity contribution in [2.24, 2.45) is 5.92 Å². The van der Waals surface area contributed by atoms with Crippen LogP contribution in [0.15, 0.2) is 16.8 Å². The Bertz CT molecular complexity index is 1420. The number of aromatic amines is 1. The Balaban J connectivity index is 1.73. The Labute approximate surface area is 230 Å². The monoisotopic (exact) mass is 614 g/mol. The summed E-state index contributed by atoms with van der Waals surface area (Å²) in [7, 11) is 0. The number of carbonyl (C=O) groups excluding carboxylic acids is 2. The average molecular weight is 614 g/mol. The molecule has 1 saturated carbocycles. The number of amides is 2. The number of aryl methyl sites for hydroxylation is 1. The quantitative estimate of drug-likeness (QED) is 0.217. The van der Waals surface area contributed by atoms with Gasteiger partial charge in [0.15, 0.2) is 17.7 Å². The van der Waals surface area contributed by atoms with Crippen molar-refractivity contribution in [1.29, 1.82) is 0 Å². The average Bonchev–Trinajstić information content (AvgIpc) is 3.55. The van der Waals surface area contributed by atoms with Crippen LogP contribution in [0.3, 0.4) is 0 Å². The van der Waals surface area contributed by atoms with Gasteiger partial charge in [0.25, 0.3) is 18.8 Å². The standard InChI is InChI=1S/C24H23F9N6O3/c1-8-15(39-42-38-8)23(41)36-16(9-4-6-24(32,33)7-5-9)21-34-11-3-2-10(13(25)17(11)35-21)12(14(26)18(27)28)22(40)37-20(31)19(29)30/h2-3,9,12,14,16,18-20H,4-7H2,1H3,(H,34,35)(H,36,41)(H,37,40)/t12?,14?,16-,20?/m0/s1. The number of halogens is 9. The number of rotatable bonds is 10. The van der Waals surface area contributed by atoms with Crippen molar-refractivity contribution in [3.8, 4) is 0 Å². The van der Waals surface area contributed by atoms with Crippen molar-refractivity contribution in [3.05, 3.63) is 40.7 Å². The Kier molecular flexibility index (Phi) is 9.01. The van der Waals surface area contributed by atoms with Crippen LogP contribution in [-0.2, 0) is 4.79 Å². The minimum absolute atomic E-state index is 0.0898. The third kappa shape index (κ3) is 6.46. The van der Waals surface area contributed by atoms with Gasteiger partial charge in [-0.05, 0) is 36.9 Å². The van der Waals surface area contributed by atoms with E-state index in [9.17, 15) is 44.7 Å². The molecule has 1 fully saturated rings. The van der Waals surface area contributed by atoms with Gasteiger partial charge in [-0.2, -0.15) is 0 Å². The summed E-state index contributed by atoms with van der Waals surface area (Å²) in [5.74, 6) is -10.8. The highest BCUT2D eigenvalue weighted by molar-refractivity contribution is 5.93. The van der Waals surface area contributed by atoms with Crippen molar-refractivity contribution in [1.82, 2.24) is 30.9 Å². The van der Waals surface area contributed by atoms with E-state index >= 15 is 4.39 Å². The van der Waals surface area contributed by atoms with E-state index in [-0.39, 0.29) is 35.6 Å². The Morgan fingerprint density at radius 3 is 2.26 bits per heavy atom. The van der Waals surface area contributed by atoms with Crippen molar-refractivity contribution >= 4 is 22.8 Å². The van der Waals surface area contributed by atoms with Crippen LogP contribution in [0.1, 0.15) is 65.2 Å². The lowest BCUT2D eigenvalue weighted by Gasteiger charge is -2.33. The maximum atomic E-state index is 15.6. The number of imidazole rings is 1. The highest BCUT2D eigenvalue weighted by atomic mass is 19.3. The zero-order valence-corrected chi connectivity index (χ0v) is 21.5. The molecule has 1 aliphatic rings. The van der Waals surface area contributed by atoms with Crippen LogP contribution in [-0.4, -0.2) is 63.3 Å². The third-order valence-electron chi connectivity index (χ3n) is 7.00. The van der Waals surface area contributed by atoms with E-state index in [1.165, 1.54) is 6.92 Å². The maximum absolute atomic E-state index is 15.6. The van der Waals surface area contributed by atoms with E-state index in [1.54, 1.807) is 0 Å². The molecule has 0 spiro atoms. The lowest BCUT2D eigenvalue weighted by Crippen LogP contribution is -2.43. The molecule has 18 heteroatoms. The SMILES string of the molecule is Cc1nonc1C(=O)N[C@H](c1nc2c(F)c(C(C(=O)NC(F)C(F)F)C(F)C(F)F)ccc2[nH]1)C1CCC(F)(F)CC1. The van der Waals surface area contributed by atoms with Gasteiger partial charge >= 0.3 is 0 Å². The second-order valence-electron chi connectivity index (χ2n) is 9.83. The lowest BCUT2D eigenvalue weighted by molar-refractivity contribution is -0.130. The molecule has 3 N–H and O–H groups in total. The van der Waals surface area contributed by atoms with E-state index in [0.717, 1.165) is 11.4 Å². The van der Waals surface area contributed by atoms with Crippen LogP contribution in [0, 0.1) is 18.7 Å². The van der Waals surface area contributed by atoms with Crippen molar-refractivity contribution in [2.45, 2.75) is 75.8 Å². The summed E-state index contributed by atoms with van der Waals surface area (Å²) in [4.78, 5) is 32.0. The molecule has 42 heavy (non-hydrogen) atoms. The molecule has 2 heterocycles. The second kappa shape index (κ2) is 12.2. The van der Waals surface area contributed by atoms with Gasteiger partial charge in [0.05, 0.1) is 11.6 Å². The molecule has 0 aliphatic heterocycles. The number of benzene rings is 1. The minimum atomic E-state index is -3.88. The third-order valence-corrected chi connectivity index (χ3v) is 7.00. The van der Waals surface area contributed by atoms with E-state index in [1.807, 2.05) is 0 Å². The van der Waals surface area contributed by atoms with Crippen LogP contribution in [0.4, 0.5) is 39.5 Å². The molecular formula is C24H23F9N6O3. The fraction of sp³-hybridized carbons (Fsp3) is 0.542. The van der Waals surface area contributed by atoms with E-state index in [0.29, 0.717) is 6.07 Å². The van der Waals surface area contributed by atoms with Gasteiger partial charge < -0.3 is 15.6 Å². The van der Waals surface area contributed by atoms with E-state index in [2.05, 4.69) is 30.2 Å². The number of nitrogens with one attached hydrogen (secondary N) is 3. The van der Waals surface area contributed by atoms with Gasteiger partial charge in [0, 0.05) is 18.4 Å². The largest absolute Gasteiger partial charge is 0.340 e. The number of alkyl halides is 8. The fourth-order valence-corrected chi connectivity index (χ4v) is 4.81. The molecule has 1 aliphatic carbocycles. The topological polar surface area (TPSA) is 126 Å². The molecular weight excluding hydrogens is 591 g/mol. The zero-order chi connectivity index (χ0) is 30.9. The molecule has 9 nitrogen and oxygen atoms in total. The maximum Gasteiger partial charge on any atom is 0.287 e. The predicted octanol–water partition coefficient (Wildman–Crippen LogP) is 5.05. The number of nitrogens with zero attached hydrogens (tertiary/aromatic N) is 3. The molecule has 3 unspecified atom stereocenters. The van der Waals surface area contributed by atoms with Crippen LogP contribution in [0.2, 0.25) is 0 Å². The number of aromatic nitrogens is 4. The van der Waals surface area contributed by atoms with Crippen molar-refractivity contribution < 1.29 is 53.7 Å². The summed E-state index contributed by atoms with van der Waals surface area (Å²) in [6.07, 6.45) is -15.6. The lowest BCUT2D eigenvalue weighted by atomic mass is 9.81. The van der Waals surface area contributed by atoms with Crippen LogP contribution in [0.25, 0.3) is 11.0 Å². The first-order chi connectivity index (χ1) is 19.7. The molecule has 0 saturated heterocycles. The summed E-state index contributed by atoms with van der Waals surface area (Å²) in [6, 6.07) is 0.586. The van der Waals surface area contributed by atoms with Crippen LogP contribution < -0.4 is 10.6 Å². The van der Waals surface area contributed by atoms with Gasteiger partial charge in [-0.1, -0.05) is 11.2 Å². The Morgan fingerprint density at radius 2 is 1.69 bits per heavy atom. The van der Waals surface area contributed by atoms with Gasteiger partial charge in [0.1, 0.15) is 23.0 Å². The van der Waals surface area contributed by atoms with Crippen LogP contribution >= 0.6 is 0 Å². The number of hydrogen-bond acceptors (Lipinski definition) is 6. The molecule has 0 bridgehead atoms. The molecule has 3 aromatic rings. The molecule has 230 valence electrons. The molecule has 4 rings (SSSR count). The highest BCUT2D eigenvalue weighted by Crippen LogP contribution is 2.42. The summed E-state index contributed by atoms with van der Waals surface area (Å²) in [5, 5.41) is 10.6. The minimum Gasteiger partial charge on any atom is -0.340 e. The Hall–Kier alpha value is -3.86. The summed E-state index contributed by atoms with van der Waals surface area (Å²) >= 11 is 0.